The molecule has 0 saturated carbocycles. The minimum Gasteiger partial charge on any atom is -0.493 e. The molecule has 0 radical (unpaired) electrons. The molecule has 1 aromatic rings. The van der Waals surface area contributed by atoms with Gasteiger partial charge in [-0.05, 0) is 6.07 Å². The zero-order valence-corrected chi connectivity index (χ0v) is 9.96. The minimum absolute atomic E-state index is 0.0649. The van der Waals surface area contributed by atoms with Crippen molar-refractivity contribution < 1.29 is 22.7 Å². The number of fused-ring (bicyclic) bond motifs is 1. The van der Waals surface area contributed by atoms with Crippen molar-refractivity contribution in [3.8, 4) is 5.75 Å². The number of alkyl halides is 3. The largest absolute Gasteiger partial charge is 0.493 e. The average molecular weight is 274 g/mol. The first-order valence-electron chi connectivity index (χ1n) is 5.69. The zero-order chi connectivity index (χ0) is 14.1. The third kappa shape index (κ3) is 2.65. The van der Waals surface area contributed by atoms with Crippen LogP contribution in [-0.2, 0) is 10.3 Å². The first-order chi connectivity index (χ1) is 8.85. The summed E-state index contributed by atoms with van der Waals surface area (Å²) in [7, 11) is 0. The fourth-order valence-corrected chi connectivity index (χ4v) is 2.17. The Morgan fingerprint density at radius 1 is 1.42 bits per heavy atom. The number of ether oxygens (including phenoxy) is 1. The lowest BCUT2D eigenvalue weighted by molar-refractivity contribution is -0.138. The Hall–Kier alpha value is -1.76. The van der Waals surface area contributed by atoms with Crippen LogP contribution in [0.2, 0.25) is 0 Å². The van der Waals surface area contributed by atoms with Gasteiger partial charge >= 0.3 is 6.18 Å². The highest BCUT2D eigenvalue weighted by Crippen LogP contribution is 2.37. The summed E-state index contributed by atoms with van der Waals surface area (Å²) in [5.41, 5.74) is 4.13. The van der Waals surface area contributed by atoms with Crippen LogP contribution in [0.3, 0.4) is 0 Å². The molecule has 7 heteroatoms. The van der Waals surface area contributed by atoms with Gasteiger partial charge in [-0.2, -0.15) is 13.2 Å². The molecule has 1 atom stereocenters. The average Bonchev–Trinajstić information content (AvgIpc) is 2.35. The van der Waals surface area contributed by atoms with Crippen LogP contribution >= 0.6 is 0 Å². The summed E-state index contributed by atoms with van der Waals surface area (Å²) in [6.45, 7) is -1.16. The molecule has 19 heavy (non-hydrogen) atoms. The van der Waals surface area contributed by atoms with E-state index in [9.17, 15) is 18.0 Å². The Balaban J connectivity index is 2.38. The Bertz CT molecular complexity index is 490. The zero-order valence-electron chi connectivity index (χ0n) is 9.96. The smallest absolute Gasteiger partial charge is 0.401 e. The lowest BCUT2D eigenvalue weighted by Gasteiger charge is -2.37. The maximum Gasteiger partial charge on any atom is 0.401 e. The number of carbonyl (C=O) groups is 1. The van der Waals surface area contributed by atoms with Gasteiger partial charge in [-0.3, -0.25) is 10.1 Å². The highest BCUT2D eigenvalue weighted by atomic mass is 19.4. The van der Waals surface area contributed by atoms with Crippen LogP contribution in [-0.4, -0.2) is 25.2 Å². The van der Waals surface area contributed by atoms with Crippen molar-refractivity contribution in [1.82, 2.24) is 5.32 Å². The number of benzene rings is 1. The van der Waals surface area contributed by atoms with Gasteiger partial charge in [0.25, 0.3) is 0 Å². The van der Waals surface area contributed by atoms with Crippen LogP contribution in [0.1, 0.15) is 12.0 Å². The first-order valence-corrected chi connectivity index (χ1v) is 5.69. The van der Waals surface area contributed by atoms with Crippen LogP contribution in [0.4, 0.5) is 13.2 Å². The molecule has 4 nitrogen and oxygen atoms in total. The fourth-order valence-electron chi connectivity index (χ4n) is 2.17. The van der Waals surface area contributed by atoms with Crippen molar-refractivity contribution >= 4 is 5.91 Å². The molecule has 1 amide bonds. The Morgan fingerprint density at radius 3 is 2.74 bits per heavy atom. The predicted molar refractivity (Wildman–Crippen MR) is 61.5 cm³/mol. The van der Waals surface area contributed by atoms with Gasteiger partial charge in [-0.25, -0.2) is 0 Å². The van der Waals surface area contributed by atoms with E-state index in [-0.39, 0.29) is 13.0 Å². The van der Waals surface area contributed by atoms with Crippen molar-refractivity contribution in [3.63, 3.8) is 0 Å². The van der Waals surface area contributed by atoms with Crippen LogP contribution in [0.25, 0.3) is 0 Å². The summed E-state index contributed by atoms with van der Waals surface area (Å²) in [6, 6.07) is 6.45. The van der Waals surface area contributed by atoms with Crippen molar-refractivity contribution in [2.45, 2.75) is 18.1 Å². The van der Waals surface area contributed by atoms with E-state index in [1.165, 1.54) is 0 Å². The van der Waals surface area contributed by atoms with Gasteiger partial charge in [0, 0.05) is 12.0 Å². The van der Waals surface area contributed by atoms with E-state index in [0.29, 0.717) is 11.3 Å². The quantitative estimate of drug-likeness (QED) is 0.873. The number of nitrogens with two attached hydrogens (primary N) is 1. The molecule has 3 N–H and O–H groups in total. The van der Waals surface area contributed by atoms with Gasteiger partial charge in [0.05, 0.1) is 13.2 Å². The summed E-state index contributed by atoms with van der Waals surface area (Å²) in [4.78, 5) is 11.7. The molecule has 1 heterocycles. The number of halogens is 3. The molecular formula is C12H13F3N2O2. The molecule has 2 rings (SSSR count). The van der Waals surface area contributed by atoms with E-state index in [1.807, 2.05) is 0 Å². The number of nitrogens with one attached hydrogen (secondary N) is 1. The lowest BCUT2D eigenvalue weighted by Crippen LogP contribution is -2.57. The number of para-hydroxylation sites is 1. The van der Waals surface area contributed by atoms with E-state index in [1.54, 1.807) is 24.3 Å². The van der Waals surface area contributed by atoms with E-state index in [2.05, 4.69) is 5.32 Å². The molecule has 1 aliphatic rings. The van der Waals surface area contributed by atoms with Gasteiger partial charge in [-0.1, -0.05) is 18.2 Å². The second kappa shape index (κ2) is 4.73. The standard InChI is InChI=1S/C12H13F3N2O2/c13-12(14,15)7-17-11(10(16)18)5-6-19-9-4-2-1-3-8(9)11/h1-4,17H,5-7H2,(H2,16,18). The van der Waals surface area contributed by atoms with Gasteiger partial charge < -0.3 is 10.5 Å². The van der Waals surface area contributed by atoms with Crippen LogP contribution in [0.5, 0.6) is 5.75 Å². The normalized spacial score (nSPS) is 22.5. The molecule has 0 spiro atoms. The molecule has 0 saturated heterocycles. The van der Waals surface area contributed by atoms with E-state index < -0.39 is 24.2 Å². The summed E-state index contributed by atoms with van der Waals surface area (Å²) in [6.07, 6.45) is -4.36. The number of amides is 1. The molecule has 0 fully saturated rings. The van der Waals surface area contributed by atoms with Gasteiger partial charge in [-0.15, -0.1) is 0 Å². The van der Waals surface area contributed by atoms with Gasteiger partial charge in [0.2, 0.25) is 5.91 Å². The molecule has 1 unspecified atom stereocenters. The summed E-state index contributed by atoms with van der Waals surface area (Å²) < 4.78 is 42.5. The van der Waals surface area contributed by atoms with Crippen molar-refractivity contribution in [3.05, 3.63) is 29.8 Å². The number of rotatable bonds is 3. The van der Waals surface area contributed by atoms with Crippen LogP contribution in [0, 0.1) is 0 Å². The molecule has 0 aliphatic carbocycles. The number of hydrogen-bond donors (Lipinski definition) is 2. The maximum atomic E-state index is 12.4. The van der Waals surface area contributed by atoms with Crippen LogP contribution < -0.4 is 15.8 Å². The predicted octanol–water partition coefficient (Wildman–Crippen LogP) is 1.30. The Labute approximate surface area is 107 Å². The Kier molecular flexibility index (Phi) is 3.40. The third-order valence-corrected chi connectivity index (χ3v) is 3.09. The second-order valence-electron chi connectivity index (χ2n) is 4.33. The monoisotopic (exact) mass is 274 g/mol. The number of carbonyl (C=O) groups excluding carboxylic acids is 1. The van der Waals surface area contributed by atoms with Gasteiger partial charge in [0.1, 0.15) is 11.3 Å². The third-order valence-electron chi connectivity index (χ3n) is 3.09. The van der Waals surface area contributed by atoms with E-state index >= 15 is 0 Å². The SMILES string of the molecule is NC(=O)C1(NCC(F)(F)F)CCOc2ccccc21. The van der Waals surface area contributed by atoms with Gasteiger partial charge in [0.15, 0.2) is 0 Å². The van der Waals surface area contributed by atoms with Crippen molar-refractivity contribution in [2.24, 2.45) is 5.73 Å². The summed E-state index contributed by atoms with van der Waals surface area (Å²) >= 11 is 0. The summed E-state index contributed by atoms with van der Waals surface area (Å²) in [5, 5.41) is 2.25. The molecule has 1 aromatic carbocycles. The maximum absolute atomic E-state index is 12.4. The molecule has 0 aromatic heterocycles. The second-order valence-corrected chi connectivity index (χ2v) is 4.33. The first kappa shape index (κ1) is 13.7. The number of primary amides is 1. The lowest BCUT2D eigenvalue weighted by atomic mass is 9.83. The fraction of sp³-hybridized carbons (Fsp3) is 0.417. The molecule has 1 aliphatic heterocycles. The summed E-state index contributed by atoms with van der Waals surface area (Å²) in [5.74, 6) is -0.463. The molecular weight excluding hydrogens is 261 g/mol. The van der Waals surface area contributed by atoms with E-state index in [0.717, 1.165) is 0 Å². The molecule has 104 valence electrons. The molecule has 0 bridgehead atoms. The Morgan fingerprint density at radius 2 is 2.11 bits per heavy atom. The van der Waals surface area contributed by atoms with Crippen molar-refractivity contribution in [2.75, 3.05) is 13.2 Å². The highest BCUT2D eigenvalue weighted by molar-refractivity contribution is 5.87. The highest BCUT2D eigenvalue weighted by Gasteiger charge is 2.45. The number of hydrogen-bond acceptors (Lipinski definition) is 3. The van der Waals surface area contributed by atoms with Crippen molar-refractivity contribution in [1.29, 1.82) is 0 Å². The van der Waals surface area contributed by atoms with E-state index in [4.69, 9.17) is 10.5 Å². The topological polar surface area (TPSA) is 64.4 Å². The minimum atomic E-state index is -4.42. The van der Waals surface area contributed by atoms with Crippen LogP contribution in [0.15, 0.2) is 24.3 Å².